The third-order valence-electron chi connectivity index (χ3n) is 3.47. The Hall–Kier alpha value is -0.890. The lowest BCUT2D eigenvalue weighted by Gasteiger charge is -2.27. The molecule has 1 rings (SSSR count). The maximum atomic E-state index is 13.7. The largest absolute Gasteiger partial charge is 0.309 e. The van der Waals surface area contributed by atoms with Gasteiger partial charge in [-0.3, -0.25) is 0 Å². The highest BCUT2D eigenvalue weighted by atomic mass is 19.1. The molecule has 1 aromatic rings. The first-order valence-corrected chi connectivity index (χ1v) is 6.48. The van der Waals surface area contributed by atoms with Crippen molar-refractivity contribution in [3.8, 4) is 0 Å². The molecule has 96 valence electrons. The second-order valence-electron chi connectivity index (χ2n) is 5.38. The van der Waals surface area contributed by atoms with Crippen LogP contribution in [0.2, 0.25) is 0 Å². The summed E-state index contributed by atoms with van der Waals surface area (Å²) in [5.41, 5.74) is 1.04. The Morgan fingerprint density at radius 2 is 1.88 bits per heavy atom. The van der Waals surface area contributed by atoms with Crippen LogP contribution in [0.5, 0.6) is 0 Å². The van der Waals surface area contributed by atoms with Crippen molar-refractivity contribution in [2.75, 3.05) is 6.54 Å². The molecule has 0 heterocycles. The predicted molar refractivity (Wildman–Crippen MR) is 71.5 cm³/mol. The first-order chi connectivity index (χ1) is 8.00. The molecule has 1 unspecified atom stereocenters. The fraction of sp³-hybridized carbons (Fsp3) is 0.600. The summed E-state index contributed by atoms with van der Waals surface area (Å²) in [4.78, 5) is 0. The average molecular weight is 237 g/mol. The molecule has 2 heteroatoms. The number of benzene rings is 1. The minimum absolute atomic E-state index is 0.110. The van der Waals surface area contributed by atoms with Crippen LogP contribution >= 0.6 is 0 Å². The van der Waals surface area contributed by atoms with E-state index in [1.165, 1.54) is 6.07 Å². The molecule has 0 bridgehead atoms. The van der Waals surface area contributed by atoms with E-state index >= 15 is 0 Å². The highest BCUT2D eigenvalue weighted by molar-refractivity contribution is 5.21. The van der Waals surface area contributed by atoms with Crippen molar-refractivity contribution in [1.82, 2.24) is 5.32 Å². The normalized spacial score (nSPS) is 13.7. The highest BCUT2D eigenvalue weighted by Gasteiger charge is 2.19. The Balaban J connectivity index is 2.70. The van der Waals surface area contributed by atoms with Gasteiger partial charge in [-0.1, -0.05) is 45.9 Å². The maximum Gasteiger partial charge on any atom is 0.127 e. The van der Waals surface area contributed by atoms with Crippen LogP contribution in [0.3, 0.4) is 0 Å². The lowest BCUT2D eigenvalue weighted by atomic mass is 9.89. The average Bonchev–Trinajstić information content (AvgIpc) is 2.32. The quantitative estimate of drug-likeness (QED) is 0.777. The molecule has 0 spiro atoms. The van der Waals surface area contributed by atoms with Crippen molar-refractivity contribution in [3.63, 3.8) is 0 Å². The third-order valence-corrected chi connectivity index (χ3v) is 3.47. The lowest BCUT2D eigenvalue weighted by molar-refractivity contribution is 0.305. The summed E-state index contributed by atoms with van der Waals surface area (Å²) in [6.45, 7) is 9.65. The Morgan fingerprint density at radius 3 is 2.41 bits per heavy atom. The zero-order valence-electron chi connectivity index (χ0n) is 11.4. The van der Waals surface area contributed by atoms with E-state index in [4.69, 9.17) is 0 Å². The topological polar surface area (TPSA) is 12.0 Å². The van der Waals surface area contributed by atoms with Crippen LogP contribution in [-0.2, 0) is 0 Å². The fourth-order valence-corrected chi connectivity index (χ4v) is 1.76. The Morgan fingerprint density at radius 1 is 1.24 bits per heavy atom. The van der Waals surface area contributed by atoms with Crippen molar-refractivity contribution in [2.24, 2.45) is 5.41 Å². The van der Waals surface area contributed by atoms with Crippen LogP contribution in [0.25, 0.3) is 0 Å². The van der Waals surface area contributed by atoms with E-state index in [9.17, 15) is 4.39 Å². The van der Waals surface area contributed by atoms with Crippen molar-refractivity contribution < 1.29 is 4.39 Å². The van der Waals surface area contributed by atoms with Gasteiger partial charge in [-0.25, -0.2) is 4.39 Å². The minimum atomic E-state index is -0.110. The molecule has 0 radical (unpaired) electrons. The third kappa shape index (κ3) is 4.12. The van der Waals surface area contributed by atoms with E-state index in [-0.39, 0.29) is 17.3 Å². The zero-order chi connectivity index (χ0) is 12.9. The van der Waals surface area contributed by atoms with Crippen LogP contribution in [0, 0.1) is 11.2 Å². The van der Waals surface area contributed by atoms with Crippen LogP contribution in [0.4, 0.5) is 4.39 Å². The lowest BCUT2D eigenvalue weighted by Crippen LogP contribution is -2.32. The molecule has 0 aliphatic rings. The summed E-state index contributed by atoms with van der Waals surface area (Å²) in [6.07, 6.45) is 2.02. The number of rotatable bonds is 6. The van der Waals surface area contributed by atoms with E-state index < -0.39 is 0 Å². The molecule has 0 saturated carbocycles. The molecule has 0 aromatic heterocycles. The second-order valence-corrected chi connectivity index (χ2v) is 5.38. The predicted octanol–water partition coefficient (Wildman–Crippen LogP) is 4.30. The molecule has 0 saturated heterocycles. The van der Waals surface area contributed by atoms with E-state index in [2.05, 4.69) is 33.0 Å². The molecule has 0 aliphatic carbocycles. The van der Waals surface area contributed by atoms with E-state index in [1.807, 2.05) is 12.1 Å². The summed E-state index contributed by atoms with van der Waals surface area (Å²) in [5.74, 6) is -0.110. The smallest absolute Gasteiger partial charge is 0.127 e. The van der Waals surface area contributed by atoms with Gasteiger partial charge in [-0.05, 0) is 24.3 Å². The maximum absolute atomic E-state index is 13.7. The van der Waals surface area contributed by atoms with Crippen molar-refractivity contribution in [3.05, 3.63) is 35.6 Å². The number of halogens is 1. The van der Waals surface area contributed by atoms with Gasteiger partial charge >= 0.3 is 0 Å². The van der Waals surface area contributed by atoms with Gasteiger partial charge in [-0.15, -0.1) is 0 Å². The SMILES string of the molecule is CCC(NCC(C)(C)CC)c1ccccc1F. The van der Waals surface area contributed by atoms with Crippen molar-refractivity contribution >= 4 is 0 Å². The summed E-state index contributed by atoms with van der Waals surface area (Å²) < 4.78 is 13.7. The first kappa shape index (κ1) is 14.2. The molecule has 17 heavy (non-hydrogen) atoms. The standard InChI is InChI=1S/C15H24FN/c1-5-14(17-11-15(3,4)6-2)12-9-7-8-10-13(12)16/h7-10,14,17H,5-6,11H2,1-4H3. The molecule has 1 aromatic carbocycles. The van der Waals surface area contributed by atoms with Crippen molar-refractivity contribution in [2.45, 2.75) is 46.6 Å². The van der Waals surface area contributed by atoms with Gasteiger partial charge < -0.3 is 5.32 Å². The van der Waals surface area contributed by atoms with Gasteiger partial charge in [0, 0.05) is 18.2 Å². The number of hydrogen-bond donors (Lipinski definition) is 1. The van der Waals surface area contributed by atoms with Gasteiger partial charge in [0.1, 0.15) is 5.82 Å². The Bertz CT molecular complexity index is 347. The summed E-state index contributed by atoms with van der Waals surface area (Å²) in [5, 5.41) is 3.48. The Kier molecular flexibility index (Phi) is 5.13. The Labute approximate surface area is 104 Å². The van der Waals surface area contributed by atoms with Gasteiger partial charge in [0.2, 0.25) is 0 Å². The molecule has 0 aliphatic heterocycles. The molecule has 1 atom stereocenters. The van der Waals surface area contributed by atoms with Gasteiger partial charge in [0.25, 0.3) is 0 Å². The molecule has 0 fully saturated rings. The summed E-state index contributed by atoms with van der Waals surface area (Å²) >= 11 is 0. The minimum Gasteiger partial charge on any atom is -0.309 e. The fourth-order valence-electron chi connectivity index (χ4n) is 1.76. The van der Waals surface area contributed by atoms with Crippen LogP contribution in [0.15, 0.2) is 24.3 Å². The molecule has 1 nitrogen and oxygen atoms in total. The van der Waals surface area contributed by atoms with Crippen molar-refractivity contribution in [1.29, 1.82) is 0 Å². The second kappa shape index (κ2) is 6.15. The van der Waals surface area contributed by atoms with E-state index in [1.54, 1.807) is 6.07 Å². The highest BCUT2D eigenvalue weighted by Crippen LogP contribution is 2.23. The molecule has 1 N–H and O–H groups in total. The first-order valence-electron chi connectivity index (χ1n) is 6.48. The van der Waals surface area contributed by atoms with E-state index in [0.29, 0.717) is 0 Å². The zero-order valence-corrected chi connectivity index (χ0v) is 11.4. The van der Waals surface area contributed by atoms with Crippen LogP contribution in [0.1, 0.15) is 52.1 Å². The molecule has 0 amide bonds. The number of hydrogen-bond acceptors (Lipinski definition) is 1. The van der Waals surface area contributed by atoms with E-state index in [0.717, 1.165) is 24.9 Å². The summed E-state index contributed by atoms with van der Waals surface area (Å²) in [7, 11) is 0. The van der Waals surface area contributed by atoms with Gasteiger partial charge in [-0.2, -0.15) is 0 Å². The van der Waals surface area contributed by atoms with Crippen LogP contribution < -0.4 is 5.32 Å². The monoisotopic (exact) mass is 237 g/mol. The number of nitrogens with one attached hydrogen (secondary N) is 1. The van der Waals surface area contributed by atoms with Crippen LogP contribution in [-0.4, -0.2) is 6.54 Å². The van der Waals surface area contributed by atoms with Gasteiger partial charge in [0.05, 0.1) is 0 Å². The molecular formula is C15H24FN. The summed E-state index contributed by atoms with van der Waals surface area (Å²) in [6, 6.07) is 7.15. The molecular weight excluding hydrogens is 213 g/mol. The van der Waals surface area contributed by atoms with Gasteiger partial charge in [0.15, 0.2) is 0 Å².